The van der Waals surface area contributed by atoms with Gasteiger partial charge in [-0.3, -0.25) is 9.59 Å². The van der Waals surface area contributed by atoms with Crippen molar-refractivity contribution in [3.05, 3.63) is 29.8 Å². The molecule has 5 heteroatoms. The Kier molecular flexibility index (Phi) is 6.23. The quantitative estimate of drug-likeness (QED) is 0.764. The molecule has 1 fully saturated rings. The minimum absolute atomic E-state index is 0.0894. The number of amides is 1. The molecular weight excluding hydrogens is 306 g/mol. The van der Waals surface area contributed by atoms with Crippen LogP contribution in [0.2, 0.25) is 0 Å². The minimum Gasteiger partial charge on any atom is -0.497 e. The van der Waals surface area contributed by atoms with Crippen LogP contribution in [0.15, 0.2) is 24.3 Å². The maximum atomic E-state index is 12.4. The van der Waals surface area contributed by atoms with Gasteiger partial charge in [-0.1, -0.05) is 37.8 Å². The monoisotopic (exact) mass is 333 g/mol. The van der Waals surface area contributed by atoms with E-state index < -0.39 is 11.5 Å². The van der Waals surface area contributed by atoms with Crippen LogP contribution in [0.5, 0.6) is 5.75 Å². The van der Waals surface area contributed by atoms with Gasteiger partial charge in [0.15, 0.2) is 0 Å². The molecule has 1 aliphatic rings. The van der Waals surface area contributed by atoms with Crippen molar-refractivity contribution >= 4 is 11.9 Å². The summed E-state index contributed by atoms with van der Waals surface area (Å²) < 4.78 is 5.21. The van der Waals surface area contributed by atoms with Gasteiger partial charge in [0.25, 0.3) is 0 Å². The summed E-state index contributed by atoms with van der Waals surface area (Å²) >= 11 is 0. The third-order valence-electron chi connectivity index (χ3n) is 4.88. The lowest BCUT2D eigenvalue weighted by Crippen LogP contribution is -2.45. The third kappa shape index (κ3) is 4.98. The van der Waals surface area contributed by atoms with Crippen molar-refractivity contribution in [1.82, 2.24) is 5.32 Å². The number of benzene rings is 1. The summed E-state index contributed by atoms with van der Waals surface area (Å²) in [7, 11) is 1.56. The van der Waals surface area contributed by atoms with Gasteiger partial charge in [-0.15, -0.1) is 0 Å². The fourth-order valence-electron chi connectivity index (χ4n) is 3.49. The number of hydrogen-bond donors (Lipinski definition) is 2. The van der Waals surface area contributed by atoms with Gasteiger partial charge in [-0.25, -0.2) is 0 Å². The molecule has 2 N–H and O–H groups in total. The van der Waals surface area contributed by atoms with E-state index in [1.165, 1.54) is 25.7 Å². The zero-order valence-electron chi connectivity index (χ0n) is 14.5. The van der Waals surface area contributed by atoms with E-state index in [0.717, 1.165) is 12.0 Å². The fraction of sp³-hybridized carbons (Fsp3) is 0.579. The number of carbonyl (C=O) groups excluding carboxylic acids is 1. The number of nitrogens with one attached hydrogen (secondary N) is 1. The molecule has 132 valence electrons. The summed E-state index contributed by atoms with van der Waals surface area (Å²) in [6.07, 6.45) is 6.08. The van der Waals surface area contributed by atoms with Crippen molar-refractivity contribution in [2.24, 2.45) is 5.92 Å². The van der Waals surface area contributed by atoms with E-state index >= 15 is 0 Å². The Morgan fingerprint density at radius 2 is 2.04 bits per heavy atom. The molecule has 1 aromatic rings. The molecule has 1 saturated carbocycles. The summed E-state index contributed by atoms with van der Waals surface area (Å²) in [6.45, 7) is 1.75. The highest BCUT2D eigenvalue weighted by Crippen LogP contribution is 2.30. The summed E-state index contributed by atoms with van der Waals surface area (Å²) in [5.74, 6) is 0.243. The lowest BCUT2D eigenvalue weighted by Gasteiger charge is -2.30. The first-order valence-electron chi connectivity index (χ1n) is 8.60. The second-order valence-corrected chi connectivity index (χ2v) is 6.87. The maximum Gasteiger partial charge on any atom is 0.306 e. The number of aliphatic carboxylic acids is 1. The number of rotatable bonds is 8. The molecule has 0 aromatic heterocycles. The Labute approximate surface area is 143 Å². The second kappa shape index (κ2) is 8.18. The van der Waals surface area contributed by atoms with Crippen molar-refractivity contribution in [3.8, 4) is 5.75 Å². The highest BCUT2D eigenvalue weighted by Gasteiger charge is 2.32. The van der Waals surface area contributed by atoms with Crippen molar-refractivity contribution < 1.29 is 19.4 Å². The second-order valence-electron chi connectivity index (χ2n) is 6.87. The average molecular weight is 333 g/mol. The van der Waals surface area contributed by atoms with E-state index in [1.54, 1.807) is 32.2 Å². The fourth-order valence-corrected chi connectivity index (χ4v) is 3.49. The largest absolute Gasteiger partial charge is 0.497 e. The van der Waals surface area contributed by atoms with Crippen LogP contribution < -0.4 is 10.1 Å². The molecule has 2 rings (SSSR count). The van der Waals surface area contributed by atoms with Crippen molar-refractivity contribution in [2.75, 3.05) is 7.11 Å². The number of carboxylic acids is 1. The van der Waals surface area contributed by atoms with E-state index in [2.05, 4.69) is 5.32 Å². The molecule has 1 aliphatic carbocycles. The van der Waals surface area contributed by atoms with Gasteiger partial charge in [0.05, 0.1) is 19.1 Å². The Bertz CT molecular complexity index is 580. The first-order chi connectivity index (χ1) is 11.4. The standard InChI is InChI=1S/C19H27NO4/c1-19(13-18(22)23,15-8-5-9-16(12-15)24-2)20-17(21)11-10-14-6-3-4-7-14/h5,8-9,12,14H,3-4,6-7,10-11,13H2,1-2H3,(H,20,21)(H,22,23). The number of hydrogen-bond acceptors (Lipinski definition) is 3. The normalized spacial score (nSPS) is 17.2. The summed E-state index contributed by atoms with van der Waals surface area (Å²) in [4.78, 5) is 23.7. The summed E-state index contributed by atoms with van der Waals surface area (Å²) in [6, 6.07) is 7.20. The summed E-state index contributed by atoms with van der Waals surface area (Å²) in [5, 5.41) is 12.2. The van der Waals surface area contributed by atoms with Crippen molar-refractivity contribution in [3.63, 3.8) is 0 Å². The topological polar surface area (TPSA) is 75.6 Å². The molecule has 0 bridgehead atoms. The van der Waals surface area contributed by atoms with E-state index in [1.807, 2.05) is 6.07 Å². The number of methoxy groups -OCH3 is 1. The van der Waals surface area contributed by atoms with E-state index in [4.69, 9.17) is 4.74 Å². The van der Waals surface area contributed by atoms with E-state index in [0.29, 0.717) is 18.1 Å². The highest BCUT2D eigenvalue weighted by atomic mass is 16.5. The van der Waals surface area contributed by atoms with Crippen LogP contribution in [-0.2, 0) is 15.1 Å². The average Bonchev–Trinajstić information content (AvgIpc) is 3.05. The number of carboxylic acid groups (broad SMARTS) is 1. The number of carbonyl (C=O) groups is 2. The molecule has 1 atom stereocenters. The van der Waals surface area contributed by atoms with Crippen LogP contribution in [0.25, 0.3) is 0 Å². The molecule has 0 spiro atoms. The Morgan fingerprint density at radius 3 is 2.67 bits per heavy atom. The van der Waals surface area contributed by atoms with Gasteiger partial charge >= 0.3 is 5.97 Å². The lowest BCUT2D eigenvalue weighted by molar-refractivity contribution is -0.139. The van der Waals surface area contributed by atoms with Gasteiger partial charge in [-0.05, 0) is 37.0 Å². The predicted octanol–water partition coefficient (Wildman–Crippen LogP) is 3.47. The zero-order chi connectivity index (χ0) is 17.6. The molecule has 0 radical (unpaired) electrons. The van der Waals surface area contributed by atoms with Crippen LogP contribution >= 0.6 is 0 Å². The minimum atomic E-state index is -0.951. The molecule has 0 saturated heterocycles. The number of ether oxygens (including phenoxy) is 1. The van der Waals surface area contributed by atoms with Crippen LogP contribution in [0.1, 0.15) is 57.4 Å². The van der Waals surface area contributed by atoms with Gasteiger partial charge in [0.1, 0.15) is 5.75 Å². The van der Waals surface area contributed by atoms with Crippen LogP contribution in [0.3, 0.4) is 0 Å². The first-order valence-corrected chi connectivity index (χ1v) is 8.60. The van der Waals surface area contributed by atoms with Gasteiger partial charge in [0, 0.05) is 6.42 Å². The molecule has 0 heterocycles. The molecule has 0 aliphatic heterocycles. The smallest absolute Gasteiger partial charge is 0.306 e. The lowest BCUT2D eigenvalue weighted by atomic mass is 9.88. The van der Waals surface area contributed by atoms with Crippen LogP contribution in [-0.4, -0.2) is 24.1 Å². The summed E-state index contributed by atoms with van der Waals surface area (Å²) in [5.41, 5.74) is -0.217. The highest BCUT2D eigenvalue weighted by molar-refractivity contribution is 5.78. The van der Waals surface area contributed by atoms with Crippen LogP contribution in [0.4, 0.5) is 0 Å². The Morgan fingerprint density at radius 1 is 1.33 bits per heavy atom. The van der Waals surface area contributed by atoms with Gasteiger partial charge in [-0.2, -0.15) is 0 Å². The molecule has 1 unspecified atom stereocenters. The third-order valence-corrected chi connectivity index (χ3v) is 4.88. The molecular formula is C19H27NO4. The molecule has 5 nitrogen and oxygen atoms in total. The van der Waals surface area contributed by atoms with E-state index in [9.17, 15) is 14.7 Å². The first kappa shape index (κ1) is 18.3. The predicted molar refractivity (Wildman–Crippen MR) is 91.9 cm³/mol. The Balaban J connectivity index is 2.07. The van der Waals surface area contributed by atoms with Gasteiger partial charge in [0.2, 0.25) is 5.91 Å². The zero-order valence-corrected chi connectivity index (χ0v) is 14.5. The SMILES string of the molecule is COc1cccc(C(C)(CC(=O)O)NC(=O)CCC2CCCC2)c1. The van der Waals surface area contributed by atoms with E-state index in [-0.39, 0.29) is 12.3 Å². The molecule has 1 amide bonds. The van der Waals surface area contributed by atoms with Crippen LogP contribution in [0, 0.1) is 5.92 Å². The molecule has 1 aromatic carbocycles. The molecule has 24 heavy (non-hydrogen) atoms. The van der Waals surface area contributed by atoms with Crippen molar-refractivity contribution in [1.29, 1.82) is 0 Å². The maximum absolute atomic E-state index is 12.4. The van der Waals surface area contributed by atoms with Gasteiger partial charge < -0.3 is 15.2 Å². The Hall–Kier alpha value is -2.04. The van der Waals surface area contributed by atoms with Crippen molar-refractivity contribution in [2.45, 2.75) is 57.4 Å².